The minimum Gasteiger partial charge on any atom is -0.445 e. The quantitative estimate of drug-likeness (QED) is 0.649. The van der Waals surface area contributed by atoms with E-state index in [2.05, 4.69) is 22.6 Å². The van der Waals surface area contributed by atoms with Gasteiger partial charge in [0.25, 0.3) is 0 Å². The largest absolute Gasteiger partial charge is 0.445 e. The number of rotatable bonds is 9. The molecule has 1 atom stereocenters. The third-order valence-electron chi connectivity index (χ3n) is 5.79. The fourth-order valence-electron chi connectivity index (χ4n) is 3.84. The zero-order valence-corrected chi connectivity index (χ0v) is 18.3. The molecule has 2 N–H and O–H groups in total. The van der Waals surface area contributed by atoms with Crippen LogP contribution in [0, 0.1) is 5.92 Å². The van der Waals surface area contributed by atoms with Gasteiger partial charge in [-0.25, -0.2) is 4.79 Å². The van der Waals surface area contributed by atoms with Gasteiger partial charge in [-0.3, -0.25) is 4.79 Å². The van der Waals surface area contributed by atoms with Gasteiger partial charge < -0.3 is 20.3 Å². The highest BCUT2D eigenvalue weighted by atomic mass is 16.5. The van der Waals surface area contributed by atoms with Gasteiger partial charge in [0.15, 0.2) is 0 Å². The van der Waals surface area contributed by atoms with E-state index in [0.29, 0.717) is 18.9 Å². The summed E-state index contributed by atoms with van der Waals surface area (Å²) in [5.74, 6) is 0.473. The minimum atomic E-state index is -0.678. The van der Waals surface area contributed by atoms with Crippen LogP contribution in [0.15, 0.2) is 60.7 Å². The van der Waals surface area contributed by atoms with Crippen LogP contribution in [0.4, 0.5) is 4.79 Å². The summed E-state index contributed by atoms with van der Waals surface area (Å²) < 4.78 is 5.32. The van der Waals surface area contributed by atoms with E-state index in [0.717, 1.165) is 30.6 Å². The number of amides is 2. The first-order chi connectivity index (χ1) is 15.1. The molecule has 1 aliphatic rings. The summed E-state index contributed by atoms with van der Waals surface area (Å²) in [6, 6.07) is 18.5. The van der Waals surface area contributed by atoms with Crippen molar-refractivity contribution in [2.75, 3.05) is 26.7 Å². The van der Waals surface area contributed by atoms with Crippen molar-refractivity contribution in [3.05, 3.63) is 71.8 Å². The summed E-state index contributed by atoms with van der Waals surface area (Å²) in [5.41, 5.74) is 1.89. The predicted octanol–water partition coefficient (Wildman–Crippen LogP) is 3.37. The lowest BCUT2D eigenvalue weighted by Gasteiger charge is -2.29. The second-order valence-corrected chi connectivity index (χ2v) is 8.27. The van der Waals surface area contributed by atoms with E-state index < -0.39 is 12.1 Å². The van der Waals surface area contributed by atoms with Gasteiger partial charge in [-0.15, -0.1) is 0 Å². The van der Waals surface area contributed by atoms with Crippen LogP contribution in [-0.2, 0) is 22.6 Å². The Hall–Kier alpha value is -2.86. The number of hydrogen-bond donors (Lipinski definition) is 2. The highest BCUT2D eigenvalue weighted by molar-refractivity contribution is 5.85. The first kappa shape index (κ1) is 22.8. The van der Waals surface area contributed by atoms with Gasteiger partial charge in [-0.2, -0.15) is 0 Å². The molecule has 1 saturated heterocycles. The maximum absolute atomic E-state index is 12.9. The molecule has 0 saturated carbocycles. The molecule has 166 valence electrons. The molecule has 0 bridgehead atoms. The molecule has 0 aromatic heterocycles. The molecule has 0 radical (unpaired) electrons. The van der Waals surface area contributed by atoms with Crippen molar-refractivity contribution in [3.63, 3.8) is 0 Å². The van der Waals surface area contributed by atoms with Gasteiger partial charge >= 0.3 is 6.09 Å². The maximum Gasteiger partial charge on any atom is 0.408 e. The third kappa shape index (κ3) is 8.06. The van der Waals surface area contributed by atoms with Crippen LogP contribution < -0.4 is 10.6 Å². The second-order valence-electron chi connectivity index (χ2n) is 8.27. The van der Waals surface area contributed by atoms with Crippen LogP contribution in [0.25, 0.3) is 0 Å². The number of piperidine rings is 1. The standard InChI is InChI=1S/C25H33N3O3/c1-28-16-13-20(14-17-28)12-15-26-24(29)23(18-21-8-4-2-5-9-21)27-25(30)31-19-22-10-6-3-7-11-22/h2-11,20,23H,12-19H2,1H3,(H,26,29)(H,27,30). The number of ether oxygens (including phenoxy) is 1. The lowest BCUT2D eigenvalue weighted by molar-refractivity contribution is -0.123. The molecule has 1 aliphatic heterocycles. The third-order valence-corrected chi connectivity index (χ3v) is 5.79. The lowest BCUT2D eigenvalue weighted by atomic mass is 9.94. The van der Waals surface area contributed by atoms with E-state index in [1.54, 1.807) is 0 Å². The normalized spacial score (nSPS) is 15.8. The summed E-state index contributed by atoms with van der Waals surface area (Å²) >= 11 is 0. The summed E-state index contributed by atoms with van der Waals surface area (Å²) in [7, 11) is 2.15. The van der Waals surface area contributed by atoms with Crippen LogP contribution in [-0.4, -0.2) is 49.6 Å². The number of benzene rings is 2. The Morgan fingerprint density at radius 2 is 1.61 bits per heavy atom. The fraction of sp³-hybridized carbons (Fsp3) is 0.440. The van der Waals surface area contributed by atoms with E-state index in [-0.39, 0.29) is 12.5 Å². The number of carbonyl (C=O) groups is 2. The molecular weight excluding hydrogens is 390 g/mol. The van der Waals surface area contributed by atoms with Crippen LogP contribution in [0.3, 0.4) is 0 Å². The van der Waals surface area contributed by atoms with E-state index in [4.69, 9.17) is 4.74 Å². The molecule has 6 heteroatoms. The summed E-state index contributed by atoms with van der Waals surface area (Å²) in [5, 5.41) is 5.77. The number of hydrogen-bond acceptors (Lipinski definition) is 4. The van der Waals surface area contributed by atoms with Crippen LogP contribution in [0.1, 0.15) is 30.4 Å². The summed E-state index contributed by atoms with van der Waals surface area (Å²) in [6.45, 7) is 3.02. The topological polar surface area (TPSA) is 70.7 Å². The SMILES string of the molecule is CN1CCC(CCNC(=O)C(Cc2ccccc2)NC(=O)OCc2ccccc2)CC1. The van der Waals surface area contributed by atoms with Crippen molar-refractivity contribution >= 4 is 12.0 Å². The lowest BCUT2D eigenvalue weighted by Crippen LogP contribution is -2.48. The Labute approximate surface area is 185 Å². The average Bonchev–Trinajstić information content (AvgIpc) is 2.80. The molecule has 0 aliphatic carbocycles. The number of alkyl carbamates (subject to hydrolysis) is 1. The predicted molar refractivity (Wildman–Crippen MR) is 122 cm³/mol. The Morgan fingerprint density at radius 3 is 2.26 bits per heavy atom. The molecular formula is C25H33N3O3. The van der Waals surface area contributed by atoms with Crippen molar-refractivity contribution in [1.82, 2.24) is 15.5 Å². The molecule has 1 fully saturated rings. The average molecular weight is 424 g/mol. The van der Waals surface area contributed by atoms with Crippen LogP contribution >= 0.6 is 0 Å². The minimum absolute atomic E-state index is 0.169. The van der Waals surface area contributed by atoms with E-state index in [9.17, 15) is 9.59 Å². The molecule has 2 aromatic rings. The molecule has 6 nitrogen and oxygen atoms in total. The van der Waals surface area contributed by atoms with Gasteiger partial charge in [0.1, 0.15) is 12.6 Å². The van der Waals surface area contributed by atoms with Gasteiger partial charge in [0, 0.05) is 13.0 Å². The fourth-order valence-corrected chi connectivity index (χ4v) is 3.84. The molecule has 1 heterocycles. The Balaban J connectivity index is 1.51. The van der Waals surface area contributed by atoms with Gasteiger partial charge in [0.05, 0.1) is 0 Å². The van der Waals surface area contributed by atoms with Gasteiger partial charge in [0.2, 0.25) is 5.91 Å². The van der Waals surface area contributed by atoms with Crippen molar-refractivity contribution in [2.45, 2.75) is 38.3 Å². The summed E-state index contributed by atoms with van der Waals surface area (Å²) in [6.07, 6.45) is 3.14. The van der Waals surface area contributed by atoms with E-state index in [1.807, 2.05) is 60.7 Å². The van der Waals surface area contributed by atoms with E-state index in [1.165, 1.54) is 12.8 Å². The van der Waals surface area contributed by atoms with Crippen molar-refractivity contribution < 1.29 is 14.3 Å². The second kappa shape index (κ2) is 12.1. The zero-order valence-electron chi connectivity index (χ0n) is 18.3. The molecule has 1 unspecified atom stereocenters. The van der Waals surface area contributed by atoms with Crippen molar-refractivity contribution in [3.8, 4) is 0 Å². The number of nitrogens with one attached hydrogen (secondary N) is 2. The molecule has 3 rings (SSSR count). The molecule has 31 heavy (non-hydrogen) atoms. The highest BCUT2D eigenvalue weighted by Crippen LogP contribution is 2.18. The molecule has 2 amide bonds. The number of nitrogens with zero attached hydrogens (tertiary/aromatic N) is 1. The molecule has 2 aromatic carbocycles. The van der Waals surface area contributed by atoms with Crippen molar-refractivity contribution in [1.29, 1.82) is 0 Å². The van der Waals surface area contributed by atoms with Gasteiger partial charge in [-0.1, -0.05) is 60.7 Å². The smallest absolute Gasteiger partial charge is 0.408 e. The summed E-state index contributed by atoms with van der Waals surface area (Å²) in [4.78, 5) is 27.6. The van der Waals surface area contributed by atoms with E-state index >= 15 is 0 Å². The Bertz CT molecular complexity index is 805. The Kier molecular flexibility index (Phi) is 8.91. The zero-order chi connectivity index (χ0) is 21.9. The first-order valence-corrected chi connectivity index (χ1v) is 11.1. The van der Waals surface area contributed by atoms with Crippen molar-refractivity contribution in [2.24, 2.45) is 5.92 Å². The molecule has 0 spiro atoms. The Morgan fingerprint density at radius 1 is 1.00 bits per heavy atom. The highest BCUT2D eigenvalue weighted by Gasteiger charge is 2.23. The first-order valence-electron chi connectivity index (χ1n) is 11.1. The van der Waals surface area contributed by atoms with Gasteiger partial charge in [-0.05, 0) is 56.4 Å². The maximum atomic E-state index is 12.9. The van der Waals surface area contributed by atoms with Crippen LogP contribution in [0.5, 0.6) is 0 Å². The monoisotopic (exact) mass is 423 g/mol. The number of likely N-dealkylation sites (tertiary alicyclic amines) is 1. The van der Waals surface area contributed by atoms with Crippen LogP contribution in [0.2, 0.25) is 0 Å². The number of carbonyl (C=O) groups excluding carboxylic acids is 2.